The highest BCUT2D eigenvalue weighted by Gasteiger charge is 2.23. The van der Waals surface area contributed by atoms with Crippen molar-refractivity contribution < 1.29 is 4.79 Å². The number of carbonyl (C=O) groups excluding carboxylic acids is 1. The Morgan fingerprint density at radius 2 is 1.82 bits per heavy atom. The van der Waals surface area contributed by atoms with Gasteiger partial charge in [0.15, 0.2) is 0 Å². The molecule has 0 saturated carbocycles. The molecule has 1 atom stereocenters. The summed E-state index contributed by atoms with van der Waals surface area (Å²) in [5, 5.41) is 6.65. The summed E-state index contributed by atoms with van der Waals surface area (Å²) in [5.41, 5.74) is 2.32. The number of carbonyl (C=O) groups is 1. The number of benzene rings is 3. The Labute approximate surface area is 175 Å². The van der Waals surface area contributed by atoms with Crippen LogP contribution in [-0.2, 0) is 6.54 Å². The topological polar surface area (TPSA) is 32.3 Å². The number of hydrogen-bond donors (Lipinski definition) is 1. The lowest BCUT2D eigenvalue weighted by atomic mass is 10.0. The molecule has 0 aliphatic carbocycles. The summed E-state index contributed by atoms with van der Waals surface area (Å²) in [5.74, 6) is 0.914. The second-order valence-electron chi connectivity index (χ2n) is 6.95. The lowest BCUT2D eigenvalue weighted by Crippen LogP contribution is -2.40. The van der Waals surface area contributed by atoms with Crippen LogP contribution in [0.4, 0.5) is 4.79 Å². The molecule has 4 rings (SSSR count). The standard InChI is InChI=1S/C23H23ClN2OS/c24-21-11-4-3-10-20(21)22-12-13-26(14-15-28-22)23(27)25-16-18-8-5-7-17-6-1-2-9-19(17)18/h1-11,22H,12-16H2,(H,25,27). The summed E-state index contributed by atoms with van der Waals surface area (Å²) in [6, 6.07) is 22.5. The monoisotopic (exact) mass is 410 g/mol. The molecule has 0 radical (unpaired) electrons. The maximum atomic E-state index is 12.7. The van der Waals surface area contributed by atoms with Gasteiger partial charge in [0.05, 0.1) is 0 Å². The number of thioether (sulfide) groups is 1. The van der Waals surface area contributed by atoms with Crippen molar-refractivity contribution in [2.75, 3.05) is 18.8 Å². The van der Waals surface area contributed by atoms with Gasteiger partial charge >= 0.3 is 6.03 Å². The molecule has 3 nitrogen and oxygen atoms in total. The molecule has 3 aromatic rings. The zero-order valence-electron chi connectivity index (χ0n) is 15.6. The SMILES string of the molecule is O=C(NCc1cccc2ccccc12)N1CCSC(c2ccccc2Cl)CC1. The van der Waals surface area contributed by atoms with E-state index in [0.717, 1.165) is 35.8 Å². The second kappa shape index (κ2) is 8.89. The van der Waals surface area contributed by atoms with Gasteiger partial charge in [-0.3, -0.25) is 0 Å². The maximum Gasteiger partial charge on any atom is 0.317 e. The van der Waals surface area contributed by atoms with Crippen molar-refractivity contribution in [3.05, 3.63) is 82.9 Å². The largest absolute Gasteiger partial charge is 0.334 e. The molecule has 2 amide bonds. The van der Waals surface area contributed by atoms with Gasteiger partial charge in [-0.15, -0.1) is 0 Å². The molecule has 1 fully saturated rings. The van der Waals surface area contributed by atoms with Crippen molar-refractivity contribution >= 4 is 40.2 Å². The number of nitrogens with zero attached hydrogens (tertiary/aromatic N) is 1. The summed E-state index contributed by atoms with van der Waals surface area (Å²) in [7, 11) is 0. The van der Waals surface area contributed by atoms with Crippen molar-refractivity contribution in [2.45, 2.75) is 18.2 Å². The fourth-order valence-corrected chi connectivity index (χ4v) is 5.29. The molecule has 1 aliphatic rings. The molecule has 1 unspecified atom stereocenters. The van der Waals surface area contributed by atoms with Crippen molar-refractivity contribution in [3.8, 4) is 0 Å². The molecule has 1 saturated heterocycles. The molecule has 144 valence electrons. The summed E-state index contributed by atoms with van der Waals surface area (Å²) >= 11 is 8.25. The van der Waals surface area contributed by atoms with Crippen LogP contribution in [0.2, 0.25) is 5.02 Å². The van der Waals surface area contributed by atoms with E-state index in [0.29, 0.717) is 11.8 Å². The molecule has 28 heavy (non-hydrogen) atoms. The van der Waals surface area contributed by atoms with Gasteiger partial charge in [0.2, 0.25) is 0 Å². The lowest BCUT2D eigenvalue weighted by Gasteiger charge is -2.21. The first-order valence-corrected chi connectivity index (χ1v) is 11.0. The summed E-state index contributed by atoms with van der Waals surface area (Å²) < 4.78 is 0. The van der Waals surface area contributed by atoms with Gasteiger partial charge in [0.1, 0.15) is 0 Å². The third-order valence-electron chi connectivity index (χ3n) is 5.19. The molecule has 5 heteroatoms. The molecule has 1 N–H and O–H groups in total. The molecule has 0 spiro atoms. The van der Waals surface area contributed by atoms with Crippen LogP contribution in [0.1, 0.15) is 22.8 Å². The van der Waals surface area contributed by atoms with Crippen LogP contribution in [-0.4, -0.2) is 29.8 Å². The number of halogens is 1. The first-order valence-electron chi connectivity index (χ1n) is 9.58. The van der Waals surface area contributed by atoms with Crippen LogP contribution in [0.15, 0.2) is 66.7 Å². The van der Waals surface area contributed by atoms with E-state index >= 15 is 0 Å². The summed E-state index contributed by atoms with van der Waals surface area (Å²) in [4.78, 5) is 14.7. The van der Waals surface area contributed by atoms with Crippen LogP contribution in [0.5, 0.6) is 0 Å². The van der Waals surface area contributed by atoms with Crippen molar-refractivity contribution in [1.82, 2.24) is 10.2 Å². The van der Waals surface area contributed by atoms with E-state index in [9.17, 15) is 4.79 Å². The smallest absolute Gasteiger partial charge is 0.317 e. The minimum absolute atomic E-state index is 0.00772. The van der Waals surface area contributed by atoms with E-state index in [1.807, 2.05) is 53.1 Å². The fourth-order valence-electron chi connectivity index (χ4n) is 3.69. The van der Waals surface area contributed by atoms with Gasteiger partial charge in [0, 0.05) is 35.7 Å². The van der Waals surface area contributed by atoms with Crippen LogP contribution >= 0.6 is 23.4 Å². The average molecular weight is 411 g/mol. The number of fused-ring (bicyclic) bond motifs is 1. The zero-order valence-corrected chi connectivity index (χ0v) is 17.2. The Kier molecular flexibility index (Phi) is 6.08. The van der Waals surface area contributed by atoms with Crippen molar-refractivity contribution in [3.63, 3.8) is 0 Å². The minimum Gasteiger partial charge on any atom is -0.334 e. The number of amides is 2. The van der Waals surface area contributed by atoms with E-state index in [-0.39, 0.29) is 6.03 Å². The Hall–Kier alpha value is -2.17. The molecule has 0 aromatic heterocycles. The number of urea groups is 1. The third-order valence-corrected chi connectivity index (χ3v) is 6.85. The Morgan fingerprint density at radius 3 is 2.71 bits per heavy atom. The Bertz CT molecular complexity index is 972. The predicted octanol–water partition coefficient (Wildman–Crippen LogP) is 5.88. The zero-order chi connectivity index (χ0) is 19.3. The molecular formula is C23H23ClN2OS. The predicted molar refractivity (Wildman–Crippen MR) is 119 cm³/mol. The minimum atomic E-state index is 0.00772. The van der Waals surface area contributed by atoms with E-state index in [4.69, 9.17) is 11.6 Å². The highest BCUT2D eigenvalue weighted by atomic mass is 35.5. The third kappa shape index (κ3) is 4.29. The highest BCUT2D eigenvalue weighted by molar-refractivity contribution is 7.99. The first-order chi connectivity index (χ1) is 13.7. The average Bonchev–Trinajstić information content (AvgIpc) is 2.98. The maximum absolute atomic E-state index is 12.7. The second-order valence-corrected chi connectivity index (χ2v) is 8.67. The highest BCUT2D eigenvalue weighted by Crippen LogP contribution is 2.37. The Balaban J connectivity index is 1.38. The summed E-state index contributed by atoms with van der Waals surface area (Å²) in [6.07, 6.45) is 0.913. The van der Waals surface area contributed by atoms with Gasteiger partial charge in [-0.1, -0.05) is 72.3 Å². The number of rotatable bonds is 3. The van der Waals surface area contributed by atoms with Crippen LogP contribution in [0.3, 0.4) is 0 Å². The summed E-state index contributed by atoms with van der Waals surface area (Å²) in [6.45, 7) is 2.04. The van der Waals surface area contributed by atoms with Crippen LogP contribution in [0, 0.1) is 0 Å². The number of hydrogen-bond acceptors (Lipinski definition) is 2. The van der Waals surface area contributed by atoms with Crippen LogP contribution < -0.4 is 5.32 Å². The lowest BCUT2D eigenvalue weighted by molar-refractivity contribution is 0.200. The van der Waals surface area contributed by atoms with E-state index in [2.05, 4.69) is 35.6 Å². The van der Waals surface area contributed by atoms with Gasteiger partial charge in [-0.25, -0.2) is 4.79 Å². The van der Waals surface area contributed by atoms with Gasteiger partial charge < -0.3 is 10.2 Å². The molecule has 3 aromatic carbocycles. The van der Waals surface area contributed by atoms with Gasteiger partial charge in [-0.05, 0) is 34.4 Å². The normalized spacial score (nSPS) is 17.3. The number of nitrogens with one attached hydrogen (secondary N) is 1. The molecular weight excluding hydrogens is 388 g/mol. The fraction of sp³-hybridized carbons (Fsp3) is 0.261. The van der Waals surface area contributed by atoms with Gasteiger partial charge in [0.25, 0.3) is 0 Å². The first kappa shape index (κ1) is 19.2. The van der Waals surface area contributed by atoms with E-state index in [1.165, 1.54) is 16.3 Å². The van der Waals surface area contributed by atoms with Crippen molar-refractivity contribution in [2.24, 2.45) is 0 Å². The van der Waals surface area contributed by atoms with Gasteiger partial charge in [-0.2, -0.15) is 11.8 Å². The van der Waals surface area contributed by atoms with Crippen LogP contribution in [0.25, 0.3) is 10.8 Å². The van der Waals surface area contributed by atoms with E-state index in [1.54, 1.807) is 0 Å². The molecule has 1 heterocycles. The quantitative estimate of drug-likeness (QED) is 0.584. The molecule has 0 bridgehead atoms. The Morgan fingerprint density at radius 1 is 1.04 bits per heavy atom. The van der Waals surface area contributed by atoms with Crippen molar-refractivity contribution in [1.29, 1.82) is 0 Å². The van der Waals surface area contributed by atoms with E-state index < -0.39 is 0 Å². The molecule has 1 aliphatic heterocycles.